The monoisotopic (exact) mass is 988 g/mol. The van der Waals surface area contributed by atoms with Gasteiger partial charge in [-0.05, 0) is 80.3 Å². The van der Waals surface area contributed by atoms with Crippen molar-refractivity contribution in [3.63, 3.8) is 0 Å². The molecular weight excluding hydrogens is 903 g/mol. The van der Waals surface area contributed by atoms with Crippen LogP contribution in [0.3, 0.4) is 0 Å². The average molecular weight is 988 g/mol. The number of allylic oxidation sites excluding steroid dienone is 2. The summed E-state index contributed by atoms with van der Waals surface area (Å²) in [5.74, 6) is -5.77. The Balaban J connectivity index is 2.15. The zero-order valence-corrected chi connectivity index (χ0v) is 43.9. The molecule has 19 atom stereocenters. The Morgan fingerprint density at radius 3 is 1.87 bits per heavy atom. The number of cyclic esters (lactones) is 1. The summed E-state index contributed by atoms with van der Waals surface area (Å²) in [5.41, 5.74) is 0.747. The molecule has 19 heteroatoms. The quantitative estimate of drug-likeness (QED) is 0.110. The molecule has 0 bridgehead atoms. The summed E-state index contributed by atoms with van der Waals surface area (Å²) in [4.78, 5) is 53.3. The average Bonchev–Trinajstić information content (AvgIpc) is 3.27. The highest BCUT2D eigenvalue weighted by molar-refractivity contribution is 5.73. The SMILES string of the molecule is CCOC(C[C@H]1C[C@@H](C)C(O)/C=C/C(C)=C/[C@H](CO[C@@H]2O[C@H](C)[C@@H](OC(C)=O)[C@@H](OC)[C@H]2OC)[C@@H](CC)OC(=O)[C@H](C)[C@H](O)[C@H](C)[C@H]1O[C@@H]1O[C@H](C)[C@@H](OC(C)=O)[C@H](N(C)C)[C@H]1OC(C)=O)OCC. The largest absolute Gasteiger partial charge is 0.461 e. The van der Waals surface area contributed by atoms with E-state index >= 15 is 0 Å². The van der Waals surface area contributed by atoms with E-state index in [0.717, 1.165) is 5.57 Å². The first-order valence-electron chi connectivity index (χ1n) is 24.5. The summed E-state index contributed by atoms with van der Waals surface area (Å²) < 4.78 is 73.3. The first-order chi connectivity index (χ1) is 32.5. The Hall–Kier alpha value is -3.08. The van der Waals surface area contributed by atoms with Crippen molar-refractivity contribution in [1.82, 2.24) is 4.90 Å². The number of hydrogen-bond acceptors (Lipinski definition) is 19. The van der Waals surface area contributed by atoms with Crippen molar-refractivity contribution >= 4 is 23.9 Å². The number of aliphatic hydroxyl groups excluding tert-OH is 2. The Morgan fingerprint density at radius 2 is 1.33 bits per heavy atom. The third kappa shape index (κ3) is 17.0. The number of methoxy groups -OCH3 is 2. The lowest BCUT2D eigenvalue weighted by atomic mass is 9.77. The zero-order valence-electron chi connectivity index (χ0n) is 43.9. The maximum absolute atomic E-state index is 14.4. The molecule has 0 aromatic heterocycles. The highest BCUT2D eigenvalue weighted by atomic mass is 16.7. The van der Waals surface area contributed by atoms with Gasteiger partial charge < -0.3 is 67.1 Å². The van der Waals surface area contributed by atoms with E-state index in [9.17, 15) is 29.4 Å². The zero-order chi connectivity index (χ0) is 51.9. The van der Waals surface area contributed by atoms with E-state index in [1.54, 1.807) is 58.8 Å². The van der Waals surface area contributed by atoms with Gasteiger partial charge in [-0.2, -0.15) is 0 Å². The lowest BCUT2D eigenvalue weighted by molar-refractivity contribution is -0.310. The van der Waals surface area contributed by atoms with E-state index < -0.39 is 146 Å². The van der Waals surface area contributed by atoms with E-state index in [-0.39, 0.29) is 13.0 Å². The van der Waals surface area contributed by atoms with Gasteiger partial charge in [0.2, 0.25) is 0 Å². The number of nitrogens with zero attached hydrogens (tertiary/aromatic N) is 1. The van der Waals surface area contributed by atoms with Crippen LogP contribution < -0.4 is 0 Å². The van der Waals surface area contributed by atoms with Gasteiger partial charge in [-0.3, -0.25) is 24.1 Å². The summed E-state index contributed by atoms with van der Waals surface area (Å²) >= 11 is 0. The van der Waals surface area contributed by atoms with Crippen molar-refractivity contribution in [2.75, 3.05) is 48.1 Å². The number of hydrogen-bond donors (Lipinski definition) is 2. The normalized spacial score (nSPS) is 38.7. The Kier molecular flexibility index (Phi) is 25.2. The maximum atomic E-state index is 14.4. The van der Waals surface area contributed by atoms with Crippen molar-refractivity contribution in [3.05, 3.63) is 23.8 Å². The first kappa shape index (κ1) is 60.2. The summed E-state index contributed by atoms with van der Waals surface area (Å²) in [6.45, 7) is 20.7. The van der Waals surface area contributed by atoms with Crippen molar-refractivity contribution in [1.29, 1.82) is 0 Å². The molecule has 0 amide bonds. The molecule has 69 heavy (non-hydrogen) atoms. The van der Waals surface area contributed by atoms with Crippen LogP contribution in [0.5, 0.6) is 0 Å². The molecular formula is C50H85NO18. The van der Waals surface area contributed by atoms with Crippen LogP contribution in [0.15, 0.2) is 23.8 Å². The third-order valence-corrected chi connectivity index (χ3v) is 13.3. The molecule has 0 aromatic carbocycles. The molecule has 3 rings (SSSR count). The van der Waals surface area contributed by atoms with Crippen LogP contribution in [0.2, 0.25) is 0 Å². The number of aliphatic hydroxyl groups is 2. The number of likely N-dealkylation sites (N-methyl/N-ethyl adjacent to an activating group) is 1. The van der Waals surface area contributed by atoms with E-state index in [1.165, 1.54) is 35.0 Å². The van der Waals surface area contributed by atoms with Crippen molar-refractivity contribution in [3.8, 4) is 0 Å². The molecule has 0 radical (unpaired) electrons. The second-order valence-corrected chi connectivity index (χ2v) is 18.9. The summed E-state index contributed by atoms with van der Waals surface area (Å²) in [6.07, 6.45) is -6.26. The Bertz CT molecular complexity index is 1650. The molecule has 19 nitrogen and oxygen atoms in total. The van der Waals surface area contributed by atoms with E-state index in [4.69, 9.17) is 56.8 Å². The van der Waals surface area contributed by atoms with E-state index in [1.807, 2.05) is 40.7 Å². The number of carbonyl (C=O) groups is 4. The predicted molar refractivity (Wildman–Crippen MR) is 251 cm³/mol. The van der Waals surface area contributed by atoms with Crippen LogP contribution in [0, 0.1) is 29.6 Å². The third-order valence-electron chi connectivity index (χ3n) is 13.3. The van der Waals surface area contributed by atoms with Gasteiger partial charge in [-0.15, -0.1) is 0 Å². The van der Waals surface area contributed by atoms with E-state index in [2.05, 4.69) is 0 Å². The topological polar surface area (TPSA) is 223 Å². The standard InChI is InChI=1S/C50H85NO18/c1-17-38-36(25-62-49-47(59-16)46(58-15)44(31(9)63-49)66-33(11)53)22-26(4)20-21-37(55)27(5)23-35(24-39(60-18-2)61-19-3)42(28(6)41(56)29(7)48(57)68-38)69-50-45(67-34(12)54)40(51(13)14)43(30(8)64-50)65-32(10)52/h20-22,27-31,35-47,49-50,55-56H,17-19,23-25H2,1-16H3/b21-20+,26-22+/t27-,28+,29-,30-,31-,35-,36-,37?,38-,40+,41-,42-,43-,44-,45-,46-,47-,49-,50+/m1/s1. The molecule has 0 saturated carbocycles. The number of ether oxygens (including phenoxy) is 12. The van der Waals surface area contributed by atoms with Gasteiger partial charge in [0.15, 0.2) is 31.1 Å². The van der Waals surface area contributed by atoms with Crippen molar-refractivity contribution < 1.29 is 86.2 Å². The van der Waals surface area contributed by atoms with Gasteiger partial charge in [0.05, 0.1) is 49.1 Å². The van der Waals surface area contributed by atoms with Crippen molar-refractivity contribution in [2.24, 2.45) is 29.6 Å². The van der Waals surface area contributed by atoms with Crippen LogP contribution in [0.25, 0.3) is 0 Å². The minimum Gasteiger partial charge on any atom is -0.461 e. The fourth-order valence-electron chi connectivity index (χ4n) is 9.77. The van der Waals surface area contributed by atoms with Crippen LogP contribution >= 0.6 is 0 Å². The van der Waals surface area contributed by atoms with Crippen LogP contribution in [0.1, 0.15) is 102 Å². The summed E-state index contributed by atoms with van der Waals surface area (Å²) in [5, 5.41) is 24.2. The van der Waals surface area contributed by atoms with Gasteiger partial charge in [-0.1, -0.05) is 44.6 Å². The second kappa shape index (κ2) is 28.8. The van der Waals surface area contributed by atoms with Gasteiger partial charge in [0.25, 0.3) is 0 Å². The highest BCUT2D eigenvalue weighted by Gasteiger charge is 2.53. The molecule has 1 unspecified atom stereocenters. The fourth-order valence-corrected chi connectivity index (χ4v) is 9.77. The molecule has 0 aromatic rings. The summed E-state index contributed by atoms with van der Waals surface area (Å²) in [6, 6.07) is -0.720. The number of carbonyl (C=O) groups excluding carboxylic acids is 4. The van der Waals surface area contributed by atoms with Gasteiger partial charge >= 0.3 is 23.9 Å². The van der Waals surface area contributed by atoms with Crippen LogP contribution in [-0.2, 0) is 76.0 Å². The molecule has 0 spiro atoms. The Morgan fingerprint density at radius 1 is 0.783 bits per heavy atom. The summed E-state index contributed by atoms with van der Waals surface area (Å²) in [7, 11) is 6.50. The first-order valence-corrected chi connectivity index (χ1v) is 24.5. The minimum atomic E-state index is -1.37. The van der Waals surface area contributed by atoms with Crippen LogP contribution in [0.4, 0.5) is 0 Å². The number of esters is 4. The predicted octanol–water partition coefficient (Wildman–Crippen LogP) is 4.51. The number of rotatable bonds is 18. The van der Waals surface area contributed by atoms with Gasteiger partial charge in [-0.25, -0.2) is 0 Å². The molecule has 3 heterocycles. The molecule has 398 valence electrons. The molecule has 0 aliphatic carbocycles. The van der Waals surface area contributed by atoms with E-state index in [0.29, 0.717) is 26.1 Å². The minimum absolute atomic E-state index is 0.0108. The lowest BCUT2D eigenvalue weighted by Gasteiger charge is -2.49. The fraction of sp³-hybridized carbons (Fsp3) is 0.840. The second-order valence-electron chi connectivity index (χ2n) is 18.9. The molecule has 2 N–H and O–H groups in total. The maximum Gasteiger partial charge on any atom is 0.311 e. The molecule has 2 fully saturated rings. The molecule has 2 saturated heterocycles. The van der Waals surface area contributed by atoms with Gasteiger partial charge in [0.1, 0.15) is 24.4 Å². The highest BCUT2D eigenvalue weighted by Crippen LogP contribution is 2.38. The van der Waals surface area contributed by atoms with Crippen molar-refractivity contribution in [2.45, 2.75) is 194 Å². The lowest BCUT2D eigenvalue weighted by Crippen LogP contribution is -2.65. The molecule has 3 aliphatic rings. The van der Waals surface area contributed by atoms with Crippen LogP contribution in [-0.4, -0.2) is 179 Å². The van der Waals surface area contributed by atoms with Gasteiger partial charge in [0, 0.05) is 66.5 Å². The smallest absolute Gasteiger partial charge is 0.311 e. The Labute approximate surface area is 410 Å². The molecule has 3 aliphatic heterocycles.